The lowest BCUT2D eigenvalue weighted by atomic mass is 10.2. The molecule has 0 aliphatic rings. The molecule has 2 aromatic heterocycles. The summed E-state index contributed by atoms with van der Waals surface area (Å²) in [4.78, 5) is 14.2. The molecule has 2 heterocycles. The molecule has 1 amide bonds. The van der Waals surface area contributed by atoms with Crippen molar-refractivity contribution in [2.24, 2.45) is 7.05 Å². The minimum Gasteiger partial charge on any atom is -0.497 e. The van der Waals surface area contributed by atoms with Gasteiger partial charge in [0.05, 0.1) is 24.7 Å². The number of aryl methyl sites for hydroxylation is 1. The van der Waals surface area contributed by atoms with Crippen molar-refractivity contribution in [2.75, 3.05) is 19.9 Å². The van der Waals surface area contributed by atoms with E-state index < -0.39 is 0 Å². The molecule has 8 heteroatoms. The second-order valence-corrected chi connectivity index (χ2v) is 7.08. The van der Waals surface area contributed by atoms with Gasteiger partial charge in [0.1, 0.15) is 11.5 Å². The lowest BCUT2D eigenvalue weighted by Crippen LogP contribution is -2.27. The van der Waals surface area contributed by atoms with E-state index in [1.165, 1.54) is 11.8 Å². The highest BCUT2D eigenvalue weighted by Crippen LogP contribution is 2.26. The van der Waals surface area contributed by atoms with Gasteiger partial charge in [-0.25, -0.2) is 0 Å². The molecule has 0 N–H and O–H groups in total. The number of nitrogens with zero attached hydrogens (tertiary/aromatic N) is 4. The molecular formula is C19H22N4O3S. The Morgan fingerprint density at radius 2 is 2.00 bits per heavy atom. The van der Waals surface area contributed by atoms with Crippen molar-refractivity contribution in [3.05, 3.63) is 47.9 Å². The van der Waals surface area contributed by atoms with Gasteiger partial charge in [-0.1, -0.05) is 23.9 Å². The molecule has 7 nitrogen and oxygen atoms in total. The average Bonchev–Trinajstić information content (AvgIpc) is 3.25. The average molecular weight is 386 g/mol. The Hall–Kier alpha value is -2.74. The highest BCUT2D eigenvalue weighted by Gasteiger charge is 2.17. The molecule has 3 rings (SSSR count). The van der Waals surface area contributed by atoms with Crippen LogP contribution in [0.1, 0.15) is 11.3 Å². The van der Waals surface area contributed by atoms with Crippen LogP contribution in [0.15, 0.2) is 46.2 Å². The summed E-state index contributed by atoms with van der Waals surface area (Å²) < 4.78 is 12.4. The minimum atomic E-state index is 0.0276. The van der Waals surface area contributed by atoms with Crippen LogP contribution in [-0.4, -0.2) is 45.5 Å². The third-order valence-corrected chi connectivity index (χ3v) is 5.27. The molecule has 0 saturated carbocycles. The first-order valence-corrected chi connectivity index (χ1v) is 9.41. The molecule has 3 aromatic rings. The Balaban J connectivity index is 1.58. The maximum Gasteiger partial charge on any atom is 0.233 e. The third-order valence-electron chi connectivity index (χ3n) is 4.26. The van der Waals surface area contributed by atoms with Crippen LogP contribution in [0.3, 0.4) is 0 Å². The van der Waals surface area contributed by atoms with Crippen molar-refractivity contribution in [1.29, 1.82) is 0 Å². The fourth-order valence-electron chi connectivity index (χ4n) is 2.62. The summed E-state index contributed by atoms with van der Waals surface area (Å²) in [6.07, 6.45) is 1.63. The summed E-state index contributed by atoms with van der Waals surface area (Å²) in [5, 5.41) is 9.11. The normalized spacial score (nSPS) is 10.8. The van der Waals surface area contributed by atoms with Crippen molar-refractivity contribution < 1.29 is 13.9 Å². The zero-order valence-electron chi connectivity index (χ0n) is 15.8. The Kier molecular flexibility index (Phi) is 5.85. The molecule has 27 heavy (non-hydrogen) atoms. The Bertz CT molecular complexity index is 917. The number of ether oxygens (including phenoxy) is 1. The van der Waals surface area contributed by atoms with Crippen LogP contribution in [0.2, 0.25) is 0 Å². The Morgan fingerprint density at radius 3 is 2.63 bits per heavy atom. The second kappa shape index (κ2) is 8.30. The fourth-order valence-corrected chi connectivity index (χ4v) is 3.47. The van der Waals surface area contributed by atoms with E-state index in [9.17, 15) is 4.79 Å². The number of amides is 1. The van der Waals surface area contributed by atoms with Gasteiger partial charge in [0.25, 0.3) is 0 Å². The van der Waals surface area contributed by atoms with Gasteiger partial charge in [-0.2, -0.15) is 0 Å². The summed E-state index contributed by atoms with van der Waals surface area (Å²) in [6, 6.07) is 9.56. The summed E-state index contributed by atoms with van der Waals surface area (Å²) in [6.45, 7) is 2.43. The minimum absolute atomic E-state index is 0.0276. The molecule has 0 atom stereocenters. The van der Waals surface area contributed by atoms with Gasteiger partial charge in [-0.15, -0.1) is 10.2 Å². The van der Waals surface area contributed by atoms with Crippen LogP contribution in [-0.2, 0) is 18.4 Å². The molecule has 0 unspecified atom stereocenters. The Morgan fingerprint density at radius 1 is 1.26 bits per heavy atom. The van der Waals surface area contributed by atoms with E-state index in [1.807, 2.05) is 48.9 Å². The lowest BCUT2D eigenvalue weighted by Gasteiger charge is -2.17. The summed E-state index contributed by atoms with van der Waals surface area (Å²) in [7, 11) is 5.31. The molecule has 0 aliphatic heterocycles. The van der Waals surface area contributed by atoms with Crippen LogP contribution < -0.4 is 4.74 Å². The second-order valence-electron chi connectivity index (χ2n) is 6.14. The number of furan rings is 1. The van der Waals surface area contributed by atoms with Crippen LogP contribution >= 0.6 is 11.8 Å². The molecular weight excluding hydrogens is 364 g/mol. The molecule has 0 saturated heterocycles. The number of hydrogen-bond donors (Lipinski definition) is 0. The van der Waals surface area contributed by atoms with E-state index >= 15 is 0 Å². The smallest absolute Gasteiger partial charge is 0.233 e. The van der Waals surface area contributed by atoms with E-state index in [2.05, 4.69) is 10.2 Å². The van der Waals surface area contributed by atoms with Gasteiger partial charge >= 0.3 is 0 Å². The van der Waals surface area contributed by atoms with Crippen LogP contribution in [0, 0.1) is 6.92 Å². The number of thioether (sulfide) groups is 1. The number of aromatic nitrogens is 3. The molecule has 0 spiro atoms. The number of carbonyl (C=O) groups is 1. The number of hydrogen-bond acceptors (Lipinski definition) is 6. The molecule has 142 valence electrons. The monoisotopic (exact) mass is 386 g/mol. The number of benzene rings is 1. The quantitative estimate of drug-likeness (QED) is 0.581. The predicted octanol–water partition coefficient (Wildman–Crippen LogP) is 3.14. The van der Waals surface area contributed by atoms with E-state index in [1.54, 1.807) is 25.3 Å². The van der Waals surface area contributed by atoms with E-state index in [0.717, 1.165) is 28.5 Å². The van der Waals surface area contributed by atoms with Crippen molar-refractivity contribution in [3.8, 4) is 17.1 Å². The van der Waals surface area contributed by atoms with Gasteiger partial charge in [0.15, 0.2) is 11.0 Å². The lowest BCUT2D eigenvalue weighted by molar-refractivity contribution is -0.127. The maximum atomic E-state index is 12.5. The van der Waals surface area contributed by atoms with Gasteiger partial charge in [-0.3, -0.25) is 4.79 Å². The van der Waals surface area contributed by atoms with E-state index in [0.29, 0.717) is 17.5 Å². The van der Waals surface area contributed by atoms with Crippen molar-refractivity contribution in [2.45, 2.75) is 18.6 Å². The highest BCUT2D eigenvalue weighted by atomic mass is 32.2. The Labute approximate surface area is 162 Å². The molecule has 0 fully saturated rings. The topological polar surface area (TPSA) is 73.4 Å². The van der Waals surface area contributed by atoms with Gasteiger partial charge < -0.3 is 18.6 Å². The first-order chi connectivity index (χ1) is 13.0. The first-order valence-electron chi connectivity index (χ1n) is 8.43. The summed E-state index contributed by atoms with van der Waals surface area (Å²) in [5.74, 6) is 2.64. The van der Waals surface area contributed by atoms with Crippen LogP contribution in [0.25, 0.3) is 11.4 Å². The molecule has 0 aliphatic carbocycles. The number of carbonyl (C=O) groups excluding carboxylic acids is 1. The largest absolute Gasteiger partial charge is 0.497 e. The van der Waals surface area contributed by atoms with E-state index in [-0.39, 0.29) is 5.91 Å². The van der Waals surface area contributed by atoms with Gasteiger partial charge in [0.2, 0.25) is 5.91 Å². The van der Waals surface area contributed by atoms with Crippen LogP contribution in [0.4, 0.5) is 0 Å². The third kappa shape index (κ3) is 4.33. The standard InChI is InChI=1S/C19H22N4O3S/c1-13-16(9-10-26-13)18-20-21-19(23(18)3)27-12-17(24)22(2)11-14-5-7-15(25-4)8-6-14/h5-10H,11-12H2,1-4H3. The molecule has 0 radical (unpaired) electrons. The predicted molar refractivity (Wildman–Crippen MR) is 104 cm³/mol. The summed E-state index contributed by atoms with van der Waals surface area (Å²) in [5.41, 5.74) is 1.95. The molecule has 0 bridgehead atoms. The van der Waals surface area contributed by atoms with Crippen molar-refractivity contribution in [1.82, 2.24) is 19.7 Å². The zero-order valence-corrected chi connectivity index (χ0v) is 16.6. The summed E-state index contributed by atoms with van der Waals surface area (Å²) >= 11 is 1.37. The van der Waals surface area contributed by atoms with E-state index in [4.69, 9.17) is 9.15 Å². The van der Waals surface area contributed by atoms with Crippen molar-refractivity contribution in [3.63, 3.8) is 0 Å². The molecule has 1 aromatic carbocycles. The number of rotatable bonds is 7. The first kappa shape index (κ1) is 19.0. The SMILES string of the molecule is COc1ccc(CN(C)C(=O)CSc2nnc(-c3ccoc3C)n2C)cc1. The highest BCUT2D eigenvalue weighted by molar-refractivity contribution is 7.99. The number of methoxy groups -OCH3 is 1. The van der Waals surface area contributed by atoms with Gasteiger partial charge in [0, 0.05) is 20.6 Å². The fraction of sp³-hybridized carbons (Fsp3) is 0.316. The van der Waals surface area contributed by atoms with Crippen LogP contribution in [0.5, 0.6) is 5.75 Å². The van der Waals surface area contributed by atoms with Gasteiger partial charge in [-0.05, 0) is 30.7 Å². The zero-order chi connectivity index (χ0) is 19.4. The maximum absolute atomic E-state index is 12.5. The van der Waals surface area contributed by atoms with Crippen molar-refractivity contribution >= 4 is 17.7 Å².